The molecule has 4 heteroatoms. The van der Waals surface area contributed by atoms with Crippen LogP contribution in [0.3, 0.4) is 0 Å². The number of nitrogens with zero attached hydrogens (tertiary/aromatic N) is 2. The second-order valence-electron chi connectivity index (χ2n) is 6.13. The minimum Gasteiger partial charge on any atom is -0.444 e. The molecule has 2 heterocycles. The Balaban J connectivity index is 2.15. The van der Waals surface area contributed by atoms with Crippen molar-refractivity contribution >= 4 is 6.09 Å². The maximum Gasteiger partial charge on any atom is 0.410 e. The van der Waals surface area contributed by atoms with Crippen LogP contribution in [0.25, 0.3) is 0 Å². The topological polar surface area (TPSA) is 42.4 Å². The minimum absolute atomic E-state index is 0.0993. The van der Waals surface area contributed by atoms with E-state index >= 15 is 0 Å². The van der Waals surface area contributed by atoms with Crippen molar-refractivity contribution < 1.29 is 9.53 Å². The summed E-state index contributed by atoms with van der Waals surface area (Å²) in [6.45, 7) is 8.45. The first-order valence-corrected chi connectivity index (χ1v) is 6.78. The number of rotatable bonds is 1. The molecule has 0 bridgehead atoms. The summed E-state index contributed by atoms with van der Waals surface area (Å²) >= 11 is 0. The molecule has 2 rings (SSSR count). The maximum atomic E-state index is 12.2. The van der Waals surface area contributed by atoms with Crippen LogP contribution >= 0.6 is 0 Å². The molecule has 1 fully saturated rings. The van der Waals surface area contributed by atoms with Crippen molar-refractivity contribution in [3.05, 3.63) is 29.6 Å². The minimum atomic E-state index is -0.449. The number of likely N-dealkylation sites (tertiary alicyclic amines) is 1. The van der Waals surface area contributed by atoms with Crippen LogP contribution in [0.15, 0.2) is 18.5 Å². The van der Waals surface area contributed by atoms with E-state index in [2.05, 4.69) is 11.1 Å². The molecular weight excluding hydrogens is 240 g/mol. The predicted octanol–water partition coefficient (Wildman–Crippen LogP) is 3.46. The highest BCUT2D eigenvalue weighted by Crippen LogP contribution is 2.33. The fourth-order valence-electron chi connectivity index (χ4n) is 2.41. The molecule has 1 aromatic rings. The summed E-state index contributed by atoms with van der Waals surface area (Å²) in [5.41, 5.74) is 1.77. The quantitative estimate of drug-likeness (QED) is 0.778. The molecule has 1 saturated heterocycles. The predicted molar refractivity (Wildman–Crippen MR) is 73.9 cm³/mol. The van der Waals surface area contributed by atoms with Crippen molar-refractivity contribution in [2.45, 2.75) is 52.2 Å². The van der Waals surface area contributed by atoms with Crippen LogP contribution in [0, 0.1) is 6.92 Å². The first-order valence-electron chi connectivity index (χ1n) is 6.78. The average Bonchev–Trinajstić information content (AvgIpc) is 2.75. The van der Waals surface area contributed by atoms with E-state index in [1.54, 1.807) is 0 Å². The van der Waals surface area contributed by atoms with E-state index in [4.69, 9.17) is 4.74 Å². The van der Waals surface area contributed by atoms with Gasteiger partial charge in [-0.2, -0.15) is 0 Å². The number of carbonyl (C=O) groups excluding carboxylic acids is 1. The smallest absolute Gasteiger partial charge is 0.410 e. The number of ether oxygens (including phenoxy) is 1. The van der Waals surface area contributed by atoms with Gasteiger partial charge in [-0.25, -0.2) is 4.79 Å². The number of aryl methyl sites for hydroxylation is 1. The lowest BCUT2D eigenvalue weighted by Gasteiger charge is -2.28. The number of hydrogen-bond acceptors (Lipinski definition) is 3. The Morgan fingerprint density at radius 1 is 1.42 bits per heavy atom. The zero-order valence-corrected chi connectivity index (χ0v) is 12.1. The van der Waals surface area contributed by atoms with E-state index in [0.717, 1.165) is 30.5 Å². The molecule has 1 amide bonds. The molecule has 1 aromatic heterocycles. The second kappa shape index (κ2) is 5.19. The van der Waals surface area contributed by atoms with Crippen molar-refractivity contribution in [2.24, 2.45) is 0 Å². The lowest BCUT2D eigenvalue weighted by atomic mass is 10.1. The fraction of sp³-hybridized carbons (Fsp3) is 0.600. The van der Waals surface area contributed by atoms with Crippen molar-refractivity contribution in [3.8, 4) is 0 Å². The second-order valence-corrected chi connectivity index (χ2v) is 6.13. The molecule has 0 aromatic carbocycles. The molecule has 1 aliphatic heterocycles. The zero-order valence-electron chi connectivity index (χ0n) is 12.1. The van der Waals surface area contributed by atoms with Gasteiger partial charge in [0.1, 0.15) is 5.60 Å². The number of aromatic nitrogens is 1. The first-order chi connectivity index (χ1) is 8.87. The molecule has 0 aliphatic carbocycles. The van der Waals surface area contributed by atoms with E-state index < -0.39 is 5.60 Å². The highest BCUT2D eigenvalue weighted by atomic mass is 16.6. The lowest BCUT2D eigenvalue weighted by Crippen LogP contribution is -2.36. The van der Waals surface area contributed by atoms with Gasteiger partial charge in [0.2, 0.25) is 0 Å². The van der Waals surface area contributed by atoms with Crippen molar-refractivity contribution in [1.29, 1.82) is 0 Å². The van der Waals surface area contributed by atoms with Crippen LogP contribution in [-0.4, -0.2) is 28.1 Å². The number of amides is 1. The van der Waals surface area contributed by atoms with Crippen LogP contribution in [0.2, 0.25) is 0 Å². The summed E-state index contributed by atoms with van der Waals surface area (Å²) in [7, 11) is 0. The number of hydrogen-bond donors (Lipinski definition) is 0. The monoisotopic (exact) mass is 262 g/mol. The third-order valence-electron chi connectivity index (χ3n) is 3.16. The molecule has 0 saturated carbocycles. The van der Waals surface area contributed by atoms with Gasteiger partial charge >= 0.3 is 6.09 Å². The van der Waals surface area contributed by atoms with Gasteiger partial charge in [-0.3, -0.25) is 4.98 Å². The fourth-order valence-corrected chi connectivity index (χ4v) is 2.41. The molecule has 19 heavy (non-hydrogen) atoms. The maximum absolute atomic E-state index is 12.2. The Morgan fingerprint density at radius 2 is 2.16 bits per heavy atom. The Labute approximate surface area is 114 Å². The normalized spacial score (nSPS) is 19.6. The molecule has 0 radical (unpaired) electrons. The first kappa shape index (κ1) is 13.8. The largest absolute Gasteiger partial charge is 0.444 e. The van der Waals surface area contributed by atoms with Gasteiger partial charge in [-0.15, -0.1) is 0 Å². The molecular formula is C15H22N2O2. The van der Waals surface area contributed by atoms with E-state index in [1.165, 1.54) is 0 Å². The zero-order chi connectivity index (χ0) is 14.0. The third-order valence-corrected chi connectivity index (χ3v) is 3.16. The summed E-state index contributed by atoms with van der Waals surface area (Å²) < 4.78 is 5.47. The molecule has 4 nitrogen and oxygen atoms in total. The summed E-state index contributed by atoms with van der Waals surface area (Å²) in [4.78, 5) is 18.3. The van der Waals surface area contributed by atoms with Crippen LogP contribution in [0.4, 0.5) is 4.79 Å². The van der Waals surface area contributed by atoms with E-state index in [9.17, 15) is 4.79 Å². The van der Waals surface area contributed by atoms with E-state index in [-0.39, 0.29) is 12.1 Å². The Kier molecular flexibility index (Phi) is 3.78. The van der Waals surface area contributed by atoms with Crippen molar-refractivity contribution in [2.75, 3.05) is 6.54 Å². The van der Waals surface area contributed by atoms with Crippen molar-refractivity contribution in [1.82, 2.24) is 9.88 Å². The molecule has 0 spiro atoms. The van der Waals surface area contributed by atoms with Crippen LogP contribution < -0.4 is 0 Å². The highest BCUT2D eigenvalue weighted by molar-refractivity contribution is 5.69. The highest BCUT2D eigenvalue weighted by Gasteiger charge is 2.33. The van der Waals surface area contributed by atoms with Gasteiger partial charge in [0.05, 0.1) is 6.04 Å². The van der Waals surface area contributed by atoms with Crippen LogP contribution in [0.5, 0.6) is 0 Å². The standard InChI is InChI=1S/C15H22N2O2/c1-11-8-12(10-16-9-11)13-6-5-7-17(13)14(18)19-15(2,3)4/h8-10,13H,5-7H2,1-4H3/t13-/m0/s1. The molecule has 0 N–H and O–H groups in total. The lowest BCUT2D eigenvalue weighted by molar-refractivity contribution is 0.0224. The van der Waals surface area contributed by atoms with E-state index in [0.29, 0.717) is 0 Å². The van der Waals surface area contributed by atoms with Gasteiger partial charge < -0.3 is 9.64 Å². The number of carbonyl (C=O) groups is 1. The molecule has 1 aliphatic rings. The Bertz CT molecular complexity index is 465. The Morgan fingerprint density at radius 3 is 2.79 bits per heavy atom. The number of pyridine rings is 1. The Hall–Kier alpha value is -1.58. The average molecular weight is 262 g/mol. The summed E-state index contributed by atoms with van der Waals surface area (Å²) in [6, 6.07) is 2.20. The molecule has 0 unspecified atom stereocenters. The van der Waals surface area contributed by atoms with Gasteiger partial charge in [-0.05, 0) is 51.7 Å². The molecule has 1 atom stereocenters. The summed E-state index contributed by atoms with van der Waals surface area (Å²) in [6.07, 6.45) is 5.44. The SMILES string of the molecule is Cc1cncc([C@@H]2CCCN2C(=O)OC(C)(C)C)c1. The summed E-state index contributed by atoms with van der Waals surface area (Å²) in [5.74, 6) is 0. The van der Waals surface area contributed by atoms with Gasteiger partial charge in [-0.1, -0.05) is 6.07 Å². The van der Waals surface area contributed by atoms with Gasteiger partial charge in [0.15, 0.2) is 0 Å². The van der Waals surface area contributed by atoms with Crippen LogP contribution in [-0.2, 0) is 4.74 Å². The van der Waals surface area contributed by atoms with Crippen LogP contribution in [0.1, 0.15) is 50.8 Å². The van der Waals surface area contributed by atoms with Crippen molar-refractivity contribution in [3.63, 3.8) is 0 Å². The summed E-state index contributed by atoms with van der Waals surface area (Å²) in [5, 5.41) is 0. The molecule has 104 valence electrons. The third kappa shape index (κ3) is 3.46. The van der Waals surface area contributed by atoms with Gasteiger partial charge in [0, 0.05) is 18.9 Å². The van der Waals surface area contributed by atoms with E-state index in [1.807, 2.05) is 45.0 Å². The van der Waals surface area contributed by atoms with Gasteiger partial charge in [0.25, 0.3) is 0 Å².